The summed E-state index contributed by atoms with van der Waals surface area (Å²) in [6.45, 7) is 4.75. The third kappa shape index (κ3) is 8.89. The maximum Gasteiger partial charge on any atom is 0.119 e. The highest BCUT2D eigenvalue weighted by Crippen LogP contribution is 2.30. The van der Waals surface area contributed by atoms with Crippen LogP contribution in [0.1, 0.15) is 66.1 Å². The lowest BCUT2D eigenvalue weighted by atomic mass is 9.88. The molecule has 0 aliphatic heterocycles. The summed E-state index contributed by atoms with van der Waals surface area (Å²) in [7, 11) is 0. The number of unbranched alkanes of at least 4 members (excludes halogenated alkanes) is 1. The van der Waals surface area contributed by atoms with Crippen LogP contribution in [-0.4, -0.2) is 28.1 Å². The van der Waals surface area contributed by atoms with Crippen LogP contribution in [0, 0.1) is 0 Å². The second-order valence-corrected chi connectivity index (χ2v) is 11.0. The van der Waals surface area contributed by atoms with E-state index in [0.29, 0.717) is 12.5 Å². The first kappa shape index (κ1) is 29.3. The average Bonchev–Trinajstić information content (AvgIpc) is 3.49. The molecule has 5 heteroatoms. The Hall–Kier alpha value is -4.22. The molecule has 4 aromatic carbocycles. The van der Waals surface area contributed by atoms with E-state index in [2.05, 4.69) is 132 Å². The maximum atomic E-state index is 6.00. The van der Waals surface area contributed by atoms with Gasteiger partial charge in [0.05, 0.1) is 18.8 Å². The molecule has 1 aromatic heterocycles. The van der Waals surface area contributed by atoms with Crippen molar-refractivity contribution in [3.8, 4) is 5.75 Å². The largest absolute Gasteiger partial charge is 0.494 e. The molecular formula is C37H42N4O. The molecule has 0 spiro atoms. The van der Waals surface area contributed by atoms with Crippen LogP contribution in [0.4, 0.5) is 0 Å². The van der Waals surface area contributed by atoms with Crippen LogP contribution in [-0.2, 0) is 19.4 Å². The van der Waals surface area contributed by atoms with Gasteiger partial charge in [0.1, 0.15) is 5.75 Å². The molecule has 42 heavy (non-hydrogen) atoms. The van der Waals surface area contributed by atoms with Crippen molar-refractivity contribution in [1.29, 1.82) is 0 Å². The van der Waals surface area contributed by atoms with E-state index in [1.54, 1.807) is 0 Å². The number of benzene rings is 4. The Balaban J connectivity index is 0.998. The molecule has 0 bridgehead atoms. The number of ether oxygens (including phenoxy) is 1. The molecule has 0 amide bonds. The fourth-order valence-corrected chi connectivity index (χ4v) is 5.39. The predicted octanol–water partition coefficient (Wildman–Crippen LogP) is 7.80. The number of nitrogens with one attached hydrogen (secondary N) is 1. The molecule has 0 radical (unpaired) electrons. The SMILES string of the molecule is C[C@H](c1ccccc1)[C@H](NCCCc1ccc(OCCCCc2cn(Cc3ccccc3)nn2)cc1)c1ccccc1. The van der Waals surface area contributed by atoms with E-state index in [9.17, 15) is 0 Å². The molecule has 1 heterocycles. The molecule has 216 valence electrons. The van der Waals surface area contributed by atoms with Gasteiger partial charge in [-0.2, -0.15) is 0 Å². The summed E-state index contributed by atoms with van der Waals surface area (Å²) < 4.78 is 7.91. The van der Waals surface area contributed by atoms with Crippen molar-refractivity contribution >= 4 is 0 Å². The first-order chi connectivity index (χ1) is 20.7. The van der Waals surface area contributed by atoms with Crippen LogP contribution in [0.2, 0.25) is 0 Å². The highest BCUT2D eigenvalue weighted by Gasteiger charge is 2.20. The third-order valence-corrected chi connectivity index (χ3v) is 7.78. The molecule has 0 saturated heterocycles. The number of hydrogen-bond donors (Lipinski definition) is 1. The molecule has 2 atom stereocenters. The van der Waals surface area contributed by atoms with Crippen LogP contribution in [0.5, 0.6) is 5.75 Å². The van der Waals surface area contributed by atoms with Gasteiger partial charge in [-0.25, -0.2) is 4.68 Å². The van der Waals surface area contributed by atoms with Crippen LogP contribution in [0.3, 0.4) is 0 Å². The number of rotatable bonds is 16. The highest BCUT2D eigenvalue weighted by molar-refractivity contribution is 5.29. The fourth-order valence-electron chi connectivity index (χ4n) is 5.39. The zero-order valence-corrected chi connectivity index (χ0v) is 24.6. The van der Waals surface area contributed by atoms with E-state index in [1.807, 2.05) is 16.9 Å². The normalized spacial score (nSPS) is 12.6. The molecule has 1 N–H and O–H groups in total. The van der Waals surface area contributed by atoms with Crippen molar-refractivity contribution in [1.82, 2.24) is 20.3 Å². The summed E-state index contributed by atoms with van der Waals surface area (Å²) >= 11 is 0. The lowest BCUT2D eigenvalue weighted by Crippen LogP contribution is -2.27. The number of nitrogens with zero attached hydrogens (tertiary/aromatic N) is 3. The zero-order valence-electron chi connectivity index (χ0n) is 24.6. The average molecular weight is 559 g/mol. The lowest BCUT2D eigenvalue weighted by Gasteiger charge is -2.26. The summed E-state index contributed by atoms with van der Waals surface area (Å²) in [6, 6.07) is 40.8. The Morgan fingerprint density at radius 2 is 1.36 bits per heavy atom. The van der Waals surface area contributed by atoms with Gasteiger partial charge in [-0.15, -0.1) is 5.10 Å². The standard InChI is InChI=1S/C37H42N4O/c1-30(33-17-7-3-8-18-33)37(34-19-9-4-10-20-34)38-26-13-16-31-22-24-36(25-23-31)42-27-12-11-21-35-29-41(40-39-35)28-32-14-5-2-6-15-32/h2-10,14-15,17-20,22-25,29-30,37-38H,11-13,16,21,26-28H2,1H3/t30-,37+/m1/s1. The molecule has 0 aliphatic carbocycles. The summed E-state index contributed by atoms with van der Waals surface area (Å²) in [6.07, 6.45) is 7.11. The second-order valence-electron chi connectivity index (χ2n) is 11.0. The summed E-state index contributed by atoms with van der Waals surface area (Å²) in [5.41, 5.74) is 6.31. The van der Waals surface area contributed by atoms with Gasteiger partial charge in [0, 0.05) is 18.2 Å². The highest BCUT2D eigenvalue weighted by atomic mass is 16.5. The second kappa shape index (κ2) is 15.7. The first-order valence-electron chi connectivity index (χ1n) is 15.2. The van der Waals surface area contributed by atoms with Gasteiger partial charge in [-0.05, 0) is 73.0 Å². The van der Waals surface area contributed by atoms with Crippen molar-refractivity contribution in [2.75, 3.05) is 13.2 Å². The topological polar surface area (TPSA) is 52.0 Å². The molecule has 0 fully saturated rings. The minimum atomic E-state index is 0.283. The van der Waals surface area contributed by atoms with Crippen molar-refractivity contribution in [3.63, 3.8) is 0 Å². The van der Waals surface area contributed by atoms with Crippen LogP contribution in [0.15, 0.2) is 121 Å². The molecular weight excluding hydrogens is 516 g/mol. The van der Waals surface area contributed by atoms with Gasteiger partial charge < -0.3 is 10.1 Å². The molecule has 5 rings (SSSR count). The lowest BCUT2D eigenvalue weighted by molar-refractivity contribution is 0.306. The van der Waals surface area contributed by atoms with Gasteiger partial charge in [0.15, 0.2) is 0 Å². The number of hydrogen-bond acceptors (Lipinski definition) is 4. The van der Waals surface area contributed by atoms with E-state index in [-0.39, 0.29) is 6.04 Å². The van der Waals surface area contributed by atoms with E-state index in [0.717, 1.165) is 56.6 Å². The Morgan fingerprint density at radius 3 is 2.07 bits per heavy atom. The first-order valence-corrected chi connectivity index (χ1v) is 15.2. The van der Waals surface area contributed by atoms with Crippen LogP contribution >= 0.6 is 0 Å². The summed E-state index contributed by atoms with van der Waals surface area (Å²) in [5, 5.41) is 12.4. The smallest absolute Gasteiger partial charge is 0.119 e. The van der Waals surface area contributed by atoms with Gasteiger partial charge in [0.25, 0.3) is 0 Å². The monoisotopic (exact) mass is 558 g/mol. The fraction of sp³-hybridized carbons (Fsp3) is 0.297. The van der Waals surface area contributed by atoms with E-state index in [4.69, 9.17) is 4.74 Å². The predicted molar refractivity (Wildman–Crippen MR) is 171 cm³/mol. The van der Waals surface area contributed by atoms with Crippen molar-refractivity contribution in [2.45, 2.75) is 57.5 Å². The van der Waals surface area contributed by atoms with Gasteiger partial charge in [0.2, 0.25) is 0 Å². The van der Waals surface area contributed by atoms with Crippen molar-refractivity contribution < 1.29 is 4.74 Å². The molecule has 5 nitrogen and oxygen atoms in total. The number of aryl methyl sites for hydroxylation is 2. The van der Waals surface area contributed by atoms with Crippen LogP contribution < -0.4 is 10.1 Å². The zero-order chi connectivity index (χ0) is 28.8. The Morgan fingerprint density at radius 1 is 0.690 bits per heavy atom. The van der Waals surface area contributed by atoms with E-state index in [1.165, 1.54) is 22.3 Å². The van der Waals surface area contributed by atoms with Crippen molar-refractivity contribution in [2.24, 2.45) is 0 Å². The van der Waals surface area contributed by atoms with Crippen LogP contribution in [0.25, 0.3) is 0 Å². The molecule has 5 aromatic rings. The molecule has 0 unspecified atom stereocenters. The van der Waals surface area contributed by atoms with E-state index >= 15 is 0 Å². The van der Waals surface area contributed by atoms with Gasteiger partial charge >= 0.3 is 0 Å². The minimum absolute atomic E-state index is 0.283. The van der Waals surface area contributed by atoms with Crippen molar-refractivity contribution in [3.05, 3.63) is 149 Å². The molecule has 0 aliphatic rings. The maximum absolute atomic E-state index is 6.00. The Kier molecular flexibility index (Phi) is 10.9. The summed E-state index contributed by atoms with van der Waals surface area (Å²) in [4.78, 5) is 0. The van der Waals surface area contributed by atoms with E-state index < -0.39 is 0 Å². The minimum Gasteiger partial charge on any atom is -0.494 e. The number of aromatic nitrogens is 3. The third-order valence-electron chi connectivity index (χ3n) is 7.78. The van der Waals surface area contributed by atoms with Gasteiger partial charge in [-0.3, -0.25) is 0 Å². The quantitative estimate of drug-likeness (QED) is 0.126. The Bertz CT molecular complexity index is 1440. The molecule has 0 saturated carbocycles. The summed E-state index contributed by atoms with van der Waals surface area (Å²) in [5.74, 6) is 1.32. The van der Waals surface area contributed by atoms with Gasteiger partial charge in [-0.1, -0.05) is 115 Å². The Labute approximate surface area is 250 Å².